The fraction of sp³-hybridized carbons (Fsp3) is 0.192. The van der Waals surface area contributed by atoms with Gasteiger partial charge in [-0.15, -0.1) is 0 Å². The van der Waals surface area contributed by atoms with Crippen molar-refractivity contribution in [2.75, 3.05) is 6.61 Å². The lowest BCUT2D eigenvalue weighted by Crippen LogP contribution is -2.24. The van der Waals surface area contributed by atoms with Gasteiger partial charge in [0.15, 0.2) is 4.77 Å². The van der Waals surface area contributed by atoms with Gasteiger partial charge in [0.25, 0.3) is 11.5 Å². The van der Waals surface area contributed by atoms with Crippen LogP contribution in [0.2, 0.25) is 0 Å². The van der Waals surface area contributed by atoms with Crippen LogP contribution in [0.1, 0.15) is 34.8 Å². The molecule has 6 nitrogen and oxygen atoms in total. The normalized spacial score (nSPS) is 11.0. The predicted molar refractivity (Wildman–Crippen MR) is 132 cm³/mol. The third kappa shape index (κ3) is 4.98. The molecule has 0 atom stereocenters. The van der Waals surface area contributed by atoms with E-state index in [1.165, 1.54) is 12.1 Å². The van der Waals surface area contributed by atoms with Crippen molar-refractivity contribution in [2.45, 2.75) is 26.5 Å². The molecule has 1 amide bonds. The molecule has 4 rings (SSSR count). The van der Waals surface area contributed by atoms with Gasteiger partial charge >= 0.3 is 0 Å². The molecule has 0 unspecified atom stereocenters. The van der Waals surface area contributed by atoms with Gasteiger partial charge in [0.1, 0.15) is 5.82 Å². The summed E-state index contributed by atoms with van der Waals surface area (Å²) in [4.78, 5) is 28.8. The lowest BCUT2D eigenvalue weighted by Gasteiger charge is -2.12. The number of ether oxygens (including phenoxy) is 1. The number of aromatic nitrogens is 2. The number of benzene rings is 3. The minimum Gasteiger partial charge on any atom is -0.377 e. The lowest BCUT2D eigenvalue weighted by atomic mass is 10.1. The molecule has 0 aliphatic heterocycles. The van der Waals surface area contributed by atoms with E-state index in [0.717, 1.165) is 22.1 Å². The first kappa shape index (κ1) is 23.5. The fourth-order valence-electron chi connectivity index (χ4n) is 3.69. The molecule has 2 N–H and O–H groups in total. The molecule has 174 valence electrons. The second-order valence-electron chi connectivity index (χ2n) is 7.79. The zero-order chi connectivity index (χ0) is 24.1. The quantitative estimate of drug-likeness (QED) is 0.275. The van der Waals surface area contributed by atoms with Crippen LogP contribution < -0.4 is 10.9 Å². The zero-order valence-electron chi connectivity index (χ0n) is 18.6. The summed E-state index contributed by atoms with van der Waals surface area (Å²) in [5.41, 5.74) is 2.38. The summed E-state index contributed by atoms with van der Waals surface area (Å²) in [6.07, 6.45) is 0.940. The van der Waals surface area contributed by atoms with Gasteiger partial charge < -0.3 is 15.0 Å². The minimum absolute atomic E-state index is 0.0427. The molecule has 0 aliphatic carbocycles. The van der Waals surface area contributed by atoms with E-state index in [0.29, 0.717) is 36.2 Å². The lowest BCUT2D eigenvalue weighted by molar-refractivity contribution is 0.0949. The van der Waals surface area contributed by atoms with E-state index in [1.54, 1.807) is 30.3 Å². The highest BCUT2D eigenvalue weighted by molar-refractivity contribution is 7.71. The van der Waals surface area contributed by atoms with Crippen molar-refractivity contribution >= 4 is 29.0 Å². The number of fused-ring (bicyclic) bond motifs is 1. The van der Waals surface area contributed by atoms with E-state index in [9.17, 15) is 14.0 Å². The fourth-order valence-corrected chi connectivity index (χ4v) is 3.98. The summed E-state index contributed by atoms with van der Waals surface area (Å²) in [5, 5.41) is 3.22. The molecular weight excluding hydrogens is 453 g/mol. The van der Waals surface area contributed by atoms with Crippen LogP contribution in [0, 0.1) is 10.6 Å². The highest BCUT2D eigenvalue weighted by Gasteiger charge is 2.14. The number of para-hydroxylation sites is 1. The van der Waals surface area contributed by atoms with Gasteiger partial charge in [-0.3, -0.25) is 9.59 Å². The topological polar surface area (TPSA) is 76.1 Å². The molecule has 3 aromatic carbocycles. The maximum atomic E-state index is 14.3. The Hall–Kier alpha value is -3.62. The van der Waals surface area contributed by atoms with Gasteiger partial charge in [0, 0.05) is 18.7 Å². The highest BCUT2D eigenvalue weighted by atomic mass is 32.1. The first-order chi connectivity index (χ1) is 16.5. The smallest absolute Gasteiger partial charge is 0.266 e. The molecule has 0 saturated carbocycles. The van der Waals surface area contributed by atoms with Crippen molar-refractivity contribution in [1.29, 1.82) is 0 Å². The Morgan fingerprint density at radius 3 is 2.59 bits per heavy atom. The molecular formula is C26H24FN3O3S. The third-order valence-electron chi connectivity index (χ3n) is 5.42. The first-order valence-electron chi connectivity index (χ1n) is 11.0. The van der Waals surface area contributed by atoms with E-state index in [-0.39, 0.29) is 16.4 Å². The van der Waals surface area contributed by atoms with Gasteiger partial charge in [-0.05, 0) is 60.1 Å². The maximum absolute atomic E-state index is 14.3. The van der Waals surface area contributed by atoms with Crippen molar-refractivity contribution in [3.63, 3.8) is 0 Å². The first-order valence-corrected chi connectivity index (χ1v) is 11.4. The van der Waals surface area contributed by atoms with Gasteiger partial charge in [0.05, 0.1) is 23.2 Å². The highest BCUT2D eigenvalue weighted by Crippen LogP contribution is 2.16. The van der Waals surface area contributed by atoms with E-state index >= 15 is 0 Å². The van der Waals surface area contributed by atoms with Gasteiger partial charge in [-0.2, -0.15) is 0 Å². The van der Waals surface area contributed by atoms with Crippen LogP contribution in [0.5, 0.6) is 0 Å². The summed E-state index contributed by atoms with van der Waals surface area (Å²) in [6, 6.07) is 18.4. The second kappa shape index (κ2) is 10.5. The van der Waals surface area contributed by atoms with Crippen LogP contribution in [0.25, 0.3) is 16.6 Å². The second-order valence-corrected chi connectivity index (χ2v) is 8.17. The number of amides is 1. The standard InChI is InChI=1S/C26H24FN3O3S/c1-2-13-33-16-19-8-4-3-7-18(19)15-28-24(31)17-11-12-20-22(14-17)29-26(34)30(25(20)32)23-10-6-5-9-21(23)27/h3-12,14H,2,13,15-16H2,1H3,(H,28,31)(H,29,34). The molecule has 0 spiro atoms. The van der Waals surface area contributed by atoms with E-state index in [2.05, 4.69) is 17.2 Å². The molecule has 0 bridgehead atoms. The van der Waals surface area contributed by atoms with Crippen molar-refractivity contribution < 1.29 is 13.9 Å². The molecule has 0 radical (unpaired) electrons. The van der Waals surface area contributed by atoms with Crippen LogP contribution in [0.15, 0.2) is 71.5 Å². The van der Waals surface area contributed by atoms with E-state index in [4.69, 9.17) is 17.0 Å². The largest absolute Gasteiger partial charge is 0.377 e. The Morgan fingerprint density at radius 2 is 1.82 bits per heavy atom. The van der Waals surface area contributed by atoms with E-state index < -0.39 is 11.4 Å². The average Bonchev–Trinajstić information content (AvgIpc) is 2.84. The number of nitrogens with zero attached hydrogens (tertiary/aromatic N) is 1. The van der Waals surface area contributed by atoms with Crippen molar-refractivity contribution in [2.24, 2.45) is 0 Å². The number of carbonyl (C=O) groups excluding carboxylic acids is 1. The Bertz CT molecular complexity index is 1460. The Labute approximate surface area is 201 Å². The molecule has 0 fully saturated rings. The Balaban J connectivity index is 1.58. The number of hydrogen-bond acceptors (Lipinski definition) is 4. The van der Waals surface area contributed by atoms with Crippen molar-refractivity contribution in [3.05, 3.63) is 104 Å². The Morgan fingerprint density at radius 1 is 1.09 bits per heavy atom. The summed E-state index contributed by atoms with van der Waals surface area (Å²) in [5.74, 6) is -0.844. The summed E-state index contributed by atoms with van der Waals surface area (Å²) in [6.45, 7) is 3.56. The zero-order valence-corrected chi connectivity index (χ0v) is 19.5. The van der Waals surface area contributed by atoms with Crippen LogP contribution in [0.4, 0.5) is 4.39 Å². The Kier molecular flexibility index (Phi) is 7.30. The SMILES string of the molecule is CCCOCc1ccccc1CNC(=O)c1ccc2c(=O)n(-c3ccccc3F)c(=S)[nH]c2c1. The average molecular weight is 478 g/mol. The molecule has 1 aromatic heterocycles. The summed E-state index contributed by atoms with van der Waals surface area (Å²) in [7, 11) is 0. The van der Waals surface area contributed by atoms with Crippen LogP contribution in [-0.2, 0) is 17.9 Å². The van der Waals surface area contributed by atoms with E-state index in [1.807, 2.05) is 24.3 Å². The maximum Gasteiger partial charge on any atom is 0.266 e. The minimum atomic E-state index is -0.556. The van der Waals surface area contributed by atoms with Crippen LogP contribution >= 0.6 is 12.2 Å². The molecule has 1 heterocycles. The number of rotatable bonds is 8. The van der Waals surface area contributed by atoms with Crippen LogP contribution in [-0.4, -0.2) is 22.1 Å². The third-order valence-corrected chi connectivity index (χ3v) is 5.70. The van der Waals surface area contributed by atoms with Crippen molar-refractivity contribution in [1.82, 2.24) is 14.9 Å². The summed E-state index contributed by atoms with van der Waals surface area (Å²) < 4.78 is 21.1. The molecule has 8 heteroatoms. The van der Waals surface area contributed by atoms with Gasteiger partial charge in [-0.25, -0.2) is 8.96 Å². The van der Waals surface area contributed by atoms with Crippen LogP contribution in [0.3, 0.4) is 0 Å². The molecule has 0 aliphatic rings. The molecule has 4 aromatic rings. The molecule has 34 heavy (non-hydrogen) atoms. The number of aromatic amines is 1. The number of carbonyl (C=O) groups is 1. The summed E-state index contributed by atoms with van der Waals surface area (Å²) >= 11 is 5.32. The van der Waals surface area contributed by atoms with Crippen molar-refractivity contribution in [3.8, 4) is 5.69 Å². The van der Waals surface area contributed by atoms with Gasteiger partial charge in [0.2, 0.25) is 0 Å². The number of hydrogen-bond donors (Lipinski definition) is 2. The molecule has 0 saturated heterocycles. The number of nitrogens with one attached hydrogen (secondary N) is 2. The van der Waals surface area contributed by atoms with Gasteiger partial charge in [-0.1, -0.05) is 43.3 Å². The number of H-pyrrole nitrogens is 1. The predicted octanol–water partition coefficient (Wildman–Crippen LogP) is 5.04. The number of halogens is 1. The monoisotopic (exact) mass is 477 g/mol.